The normalized spacial score (nSPS) is 20.7. The lowest BCUT2D eigenvalue weighted by molar-refractivity contribution is 0.340. The maximum atomic E-state index is 3.51. The van der Waals surface area contributed by atoms with Gasteiger partial charge >= 0.3 is 0 Å². The molecule has 0 atom stereocenters. The molecule has 1 aromatic rings. The van der Waals surface area contributed by atoms with Crippen LogP contribution in [-0.2, 0) is 0 Å². The average molecular weight is 315 g/mol. The van der Waals surface area contributed by atoms with Gasteiger partial charge in [-0.2, -0.15) is 0 Å². The van der Waals surface area contributed by atoms with E-state index in [2.05, 4.69) is 48.3 Å². The zero-order chi connectivity index (χ0) is 16.1. The van der Waals surface area contributed by atoms with Gasteiger partial charge in [-0.25, -0.2) is 0 Å². The first-order valence-electron chi connectivity index (χ1n) is 9.89. The van der Waals surface area contributed by atoms with Crippen LogP contribution in [0.1, 0.15) is 78.1 Å². The van der Waals surface area contributed by atoms with E-state index in [1.807, 2.05) is 0 Å². The van der Waals surface area contributed by atoms with E-state index in [1.165, 1.54) is 75.6 Å². The van der Waals surface area contributed by atoms with E-state index in [-0.39, 0.29) is 0 Å². The van der Waals surface area contributed by atoms with Gasteiger partial charge in [0.25, 0.3) is 0 Å². The van der Waals surface area contributed by atoms with E-state index >= 15 is 0 Å². The van der Waals surface area contributed by atoms with Crippen molar-refractivity contribution >= 4 is 11.4 Å². The first-order valence-corrected chi connectivity index (χ1v) is 9.89. The second-order valence-corrected chi connectivity index (χ2v) is 7.84. The summed E-state index contributed by atoms with van der Waals surface area (Å²) in [5.74, 6) is 0. The molecule has 1 N–H and O–H groups in total. The Morgan fingerprint density at radius 3 is 1.70 bits per heavy atom. The van der Waals surface area contributed by atoms with Gasteiger partial charge in [-0.05, 0) is 63.8 Å². The Morgan fingerprint density at radius 2 is 1.26 bits per heavy atom. The third-order valence-electron chi connectivity index (χ3n) is 5.56. The summed E-state index contributed by atoms with van der Waals surface area (Å²) in [7, 11) is 0. The van der Waals surface area contributed by atoms with Crippen LogP contribution in [0.25, 0.3) is 0 Å². The second kappa shape index (κ2) is 8.08. The minimum absolute atomic E-state index is 0.494. The van der Waals surface area contributed by atoms with Gasteiger partial charge < -0.3 is 10.2 Å². The molecule has 0 heterocycles. The predicted octanol–water partition coefficient (Wildman–Crippen LogP) is 5.98. The van der Waals surface area contributed by atoms with Gasteiger partial charge in [0.1, 0.15) is 0 Å². The van der Waals surface area contributed by atoms with E-state index in [0.717, 1.165) is 12.1 Å². The Kier molecular flexibility index (Phi) is 5.85. The Balaban J connectivity index is 1.78. The van der Waals surface area contributed by atoms with Gasteiger partial charge in [0.15, 0.2) is 0 Å². The zero-order valence-electron chi connectivity index (χ0n) is 15.1. The third kappa shape index (κ3) is 4.43. The van der Waals surface area contributed by atoms with E-state index < -0.39 is 0 Å². The Morgan fingerprint density at radius 1 is 0.783 bits per heavy atom. The molecule has 2 aliphatic carbocycles. The van der Waals surface area contributed by atoms with Crippen molar-refractivity contribution in [3.8, 4) is 0 Å². The molecule has 0 saturated heterocycles. The molecule has 0 aromatic heterocycles. The number of benzene rings is 1. The van der Waals surface area contributed by atoms with Crippen molar-refractivity contribution in [2.45, 2.75) is 96.2 Å². The highest BCUT2D eigenvalue weighted by Crippen LogP contribution is 2.34. The standard InChI is InChI=1S/C21H34N2/c1-17(2)22-18-13-15-21(16-14-18)23(19-9-5-3-6-10-19)20-11-7-4-8-12-20/h13-17,19-20,22H,3-12H2,1-2H3. The van der Waals surface area contributed by atoms with Crippen molar-refractivity contribution in [1.29, 1.82) is 0 Å². The number of nitrogens with one attached hydrogen (secondary N) is 1. The Hall–Kier alpha value is -1.18. The van der Waals surface area contributed by atoms with Gasteiger partial charge in [-0.1, -0.05) is 38.5 Å². The van der Waals surface area contributed by atoms with Crippen LogP contribution in [0, 0.1) is 0 Å². The van der Waals surface area contributed by atoms with Crippen LogP contribution in [0.5, 0.6) is 0 Å². The topological polar surface area (TPSA) is 15.3 Å². The molecule has 0 spiro atoms. The lowest BCUT2D eigenvalue weighted by Crippen LogP contribution is -2.45. The summed E-state index contributed by atoms with van der Waals surface area (Å²) in [4.78, 5) is 2.82. The average Bonchev–Trinajstić information content (AvgIpc) is 2.58. The van der Waals surface area contributed by atoms with Crippen LogP contribution in [0.2, 0.25) is 0 Å². The van der Waals surface area contributed by atoms with Crippen molar-refractivity contribution in [1.82, 2.24) is 0 Å². The fourth-order valence-electron chi connectivity index (χ4n) is 4.50. The minimum Gasteiger partial charge on any atom is -0.383 e. The predicted molar refractivity (Wildman–Crippen MR) is 101 cm³/mol. The highest BCUT2D eigenvalue weighted by Gasteiger charge is 2.28. The van der Waals surface area contributed by atoms with Crippen LogP contribution < -0.4 is 10.2 Å². The van der Waals surface area contributed by atoms with Gasteiger partial charge in [-0.3, -0.25) is 0 Å². The van der Waals surface area contributed by atoms with E-state index in [1.54, 1.807) is 0 Å². The smallest absolute Gasteiger partial charge is 0.0372 e. The quantitative estimate of drug-likeness (QED) is 0.719. The molecule has 1 aromatic carbocycles. The second-order valence-electron chi connectivity index (χ2n) is 7.84. The van der Waals surface area contributed by atoms with Crippen LogP contribution in [0.4, 0.5) is 11.4 Å². The molecule has 0 unspecified atom stereocenters. The summed E-state index contributed by atoms with van der Waals surface area (Å²) >= 11 is 0. The molecule has 2 nitrogen and oxygen atoms in total. The SMILES string of the molecule is CC(C)Nc1ccc(N(C2CCCCC2)C2CCCCC2)cc1. The maximum Gasteiger partial charge on any atom is 0.0372 e. The number of hydrogen-bond donors (Lipinski definition) is 1. The molecule has 23 heavy (non-hydrogen) atoms. The van der Waals surface area contributed by atoms with Crippen LogP contribution >= 0.6 is 0 Å². The molecule has 2 saturated carbocycles. The highest BCUT2D eigenvalue weighted by molar-refractivity contribution is 5.56. The molecular formula is C21H34N2. The molecule has 2 aliphatic rings. The molecule has 3 rings (SSSR count). The fourth-order valence-corrected chi connectivity index (χ4v) is 4.50. The maximum absolute atomic E-state index is 3.51. The first kappa shape index (κ1) is 16.7. The Bertz CT molecular complexity index is 435. The molecule has 128 valence electrons. The Labute approximate surface area is 142 Å². The molecule has 2 heteroatoms. The van der Waals surface area contributed by atoms with Crippen LogP contribution in [-0.4, -0.2) is 18.1 Å². The molecular weight excluding hydrogens is 280 g/mol. The summed E-state index contributed by atoms with van der Waals surface area (Å²) in [6.45, 7) is 4.40. The highest BCUT2D eigenvalue weighted by atomic mass is 15.2. The third-order valence-corrected chi connectivity index (χ3v) is 5.56. The van der Waals surface area contributed by atoms with Crippen LogP contribution in [0.3, 0.4) is 0 Å². The van der Waals surface area contributed by atoms with Crippen LogP contribution in [0.15, 0.2) is 24.3 Å². The lowest BCUT2D eigenvalue weighted by Gasteiger charge is -2.43. The van der Waals surface area contributed by atoms with Crippen molar-refractivity contribution in [2.75, 3.05) is 10.2 Å². The number of nitrogens with zero attached hydrogens (tertiary/aromatic N) is 1. The number of anilines is 2. The molecule has 2 fully saturated rings. The molecule has 0 aliphatic heterocycles. The van der Waals surface area contributed by atoms with Crippen molar-refractivity contribution in [3.05, 3.63) is 24.3 Å². The molecule has 0 bridgehead atoms. The number of hydrogen-bond acceptors (Lipinski definition) is 2. The minimum atomic E-state index is 0.494. The summed E-state index contributed by atoms with van der Waals surface area (Å²) in [5.41, 5.74) is 2.70. The van der Waals surface area contributed by atoms with E-state index in [0.29, 0.717) is 6.04 Å². The van der Waals surface area contributed by atoms with Crippen molar-refractivity contribution < 1.29 is 0 Å². The fraction of sp³-hybridized carbons (Fsp3) is 0.714. The van der Waals surface area contributed by atoms with Crippen molar-refractivity contribution in [2.24, 2.45) is 0 Å². The summed E-state index contributed by atoms with van der Waals surface area (Å²) in [6, 6.07) is 11.3. The van der Waals surface area contributed by atoms with Crippen molar-refractivity contribution in [3.63, 3.8) is 0 Å². The molecule has 0 radical (unpaired) electrons. The van der Waals surface area contributed by atoms with E-state index in [4.69, 9.17) is 0 Å². The van der Waals surface area contributed by atoms with E-state index in [9.17, 15) is 0 Å². The summed E-state index contributed by atoms with van der Waals surface area (Å²) < 4.78 is 0. The monoisotopic (exact) mass is 314 g/mol. The van der Waals surface area contributed by atoms with Gasteiger partial charge in [0.2, 0.25) is 0 Å². The van der Waals surface area contributed by atoms with Gasteiger partial charge in [0.05, 0.1) is 0 Å². The van der Waals surface area contributed by atoms with Gasteiger partial charge in [0, 0.05) is 29.5 Å². The largest absolute Gasteiger partial charge is 0.383 e. The number of rotatable bonds is 5. The first-order chi connectivity index (χ1) is 11.2. The lowest BCUT2D eigenvalue weighted by atomic mass is 9.88. The molecule has 0 amide bonds. The zero-order valence-corrected chi connectivity index (χ0v) is 15.1. The summed E-state index contributed by atoms with van der Waals surface area (Å²) in [5, 5.41) is 3.51. The van der Waals surface area contributed by atoms with Gasteiger partial charge in [-0.15, -0.1) is 0 Å². The summed E-state index contributed by atoms with van der Waals surface area (Å²) in [6.07, 6.45) is 14.1.